The quantitative estimate of drug-likeness (QED) is 0.674. The summed E-state index contributed by atoms with van der Waals surface area (Å²) in [4.78, 5) is 14.3. The van der Waals surface area contributed by atoms with Crippen LogP contribution in [0, 0.1) is 0 Å². The van der Waals surface area contributed by atoms with Crippen LogP contribution in [0.25, 0.3) is 0 Å². The molecule has 2 rings (SSSR count). The Morgan fingerprint density at radius 1 is 1.09 bits per heavy atom. The lowest BCUT2D eigenvalue weighted by molar-refractivity contribution is -0.118. The third-order valence-electron chi connectivity index (χ3n) is 3.46. The minimum Gasteiger partial charge on any atom is -0.497 e. The van der Waals surface area contributed by atoms with E-state index in [0.717, 1.165) is 33.9 Å². The molecule has 0 aliphatic rings. The Kier molecular flexibility index (Phi) is 6.53. The molecule has 2 aromatic rings. The number of ketones is 1. The Balaban J connectivity index is 2.08. The zero-order valence-corrected chi connectivity index (χ0v) is 14.0. The van der Waals surface area contributed by atoms with Gasteiger partial charge in [-0.25, -0.2) is 0 Å². The predicted octanol–water partition coefficient (Wildman–Crippen LogP) is 5.15. The van der Waals surface area contributed by atoms with E-state index in [4.69, 9.17) is 4.74 Å². The van der Waals surface area contributed by atoms with Crippen molar-refractivity contribution in [2.24, 2.45) is 0 Å². The van der Waals surface area contributed by atoms with Crippen molar-refractivity contribution in [3.05, 3.63) is 54.1 Å². The SMILES string of the molecule is CCCCC(=O)Cc1ccccc1Sc1ccc(OC)cc1. The maximum absolute atomic E-state index is 12.0. The molecule has 0 spiro atoms. The van der Waals surface area contributed by atoms with Crippen LogP contribution >= 0.6 is 11.8 Å². The number of carbonyl (C=O) groups excluding carboxylic acids is 1. The van der Waals surface area contributed by atoms with Crippen molar-refractivity contribution in [3.63, 3.8) is 0 Å². The van der Waals surface area contributed by atoms with Gasteiger partial charge >= 0.3 is 0 Å². The van der Waals surface area contributed by atoms with Gasteiger partial charge in [0.25, 0.3) is 0 Å². The second kappa shape index (κ2) is 8.64. The maximum Gasteiger partial charge on any atom is 0.137 e. The van der Waals surface area contributed by atoms with Gasteiger partial charge in [0.2, 0.25) is 0 Å². The van der Waals surface area contributed by atoms with Crippen LogP contribution in [0.4, 0.5) is 0 Å². The molecule has 0 unspecified atom stereocenters. The molecule has 0 saturated carbocycles. The molecule has 0 N–H and O–H groups in total. The molecule has 0 radical (unpaired) electrons. The number of ether oxygens (including phenoxy) is 1. The molecule has 0 atom stereocenters. The molecule has 0 amide bonds. The molecule has 22 heavy (non-hydrogen) atoms. The third kappa shape index (κ3) is 4.92. The highest BCUT2D eigenvalue weighted by Crippen LogP contribution is 2.31. The lowest BCUT2D eigenvalue weighted by Gasteiger charge is -2.09. The lowest BCUT2D eigenvalue weighted by Crippen LogP contribution is -2.03. The molecule has 0 fully saturated rings. The van der Waals surface area contributed by atoms with Crippen molar-refractivity contribution >= 4 is 17.5 Å². The van der Waals surface area contributed by atoms with Crippen molar-refractivity contribution in [1.82, 2.24) is 0 Å². The predicted molar refractivity (Wildman–Crippen MR) is 91.8 cm³/mol. The zero-order chi connectivity index (χ0) is 15.8. The fourth-order valence-electron chi connectivity index (χ4n) is 2.19. The van der Waals surface area contributed by atoms with E-state index in [1.54, 1.807) is 18.9 Å². The number of benzene rings is 2. The molecule has 2 aromatic carbocycles. The van der Waals surface area contributed by atoms with E-state index in [9.17, 15) is 4.79 Å². The molecule has 0 aliphatic heterocycles. The number of Topliss-reactive ketones (excluding diaryl/α,β-unsaturated/α-hetero) is 1. The van der Waals surface area contributed by atoms with Crippen LogP contribution in [-0.2, 0) is 11.2 Å². The normalized spacial score (nSPS) is 10.5. The van der Waals surface area contributed by atoms with Gasteiger partial charge in [0, 0.05) is 22.6 Å². The fraction of sp³-hybridized carbons (Fsp3) is 0.316. The highest BCUT2D eigenvalue weighted by atomic mass is 32.2. The topological polar surface area (TPSA) is 26.3 Å². The maximum atomic E-state index is 12.0. The van der Waals surface area contributed by atoms with Crippen LogP contribution in [-0.4, -0.2) is 12.9 Å². The van der Waals surface area contributed by atoms with Crippen LogP contribution in [0.2, 0.25) is 0 Å². The van der Waals surface area contributed by atoms with E-state index in [0.29, 0.717) is 18.6 Å². The summed E-state index contributed by atoms with van der Waals surface area (Å²) in [5, 5.41) is 0. The van der Waals surface area contributed by atoms with Crippen LogP contribution in [0.5, 0.6) is 5.75 Å². The highest BCUT2D eigenvalue weighted by Gasteiger charge is 2.09. The first-order valence-electron chi connectivity index (χ1n) is 7.64. The largest absolute Gasteiger partial charge is 0.497 e. The van der Waals surface area contributed by atoms with Gasteiger partial charge in [-0.3, -0.25) is 4.79 Å². The van der Waals surface area contributed by atoms with Gasteiger partial charge in [-0.1, -0.05) is 43.3 Å². The zero-order valence-electron chi connectivity index (χ0n) is 13.2. The summed E-state index contributed by atoms with van der Waals surface area (Å²) in [5.74, 6) is 1.18. The summed E-state index contributed by atoms with van der Waals surface area (Å²) in [6.07, 6.45) is 3.25. The minimum atomic E-state index is 0.324. The van der Waals surface area contributed by atoms with E-state index in [1.165, 1.54) is 0 Å². The summed E-state index contributed by atoms with van der Waals surface area (Å²) < 4.78 is 5.18. The Hall–Kier alpha value is -1.74. The number of rotatable bonds is 8. The van der Waals surface area contributed by atoms with Gasteiger partial charge in [-0.2, -0.15) is 0 Å². The molecule has 0 heterocycles. The van der Waals surface area contributed by atoms with Gasteiger partial charge in [0.15, 0.2) is 0 Å². The first-order valence-corrected chi connectivity index (χ1v) is 8.46. The molecule has 0 aromatic heterocycles. The van der Waals surface area contributed by atoms with E-state index < -0.39 is 0 Å². The molecular weight excluding hydrogens is 292 g/mol. The Morgan fingerprint density at radius 2 is 1.82 bits per heavy atom. The minimum absolute atomic E-state index is 0.324. The number of methoxy groups -OCH3 is 1. The smallest absolute Gasteiger partial charge is 0.137 e. The first-order chi connectivity index (χ1) is 10.7. The van der Waals surface area contributed by atoms with Crippen molar-refractivity contribution < 1.29 is 9.53 Å². The standard InChI is InChI=1S/C19H22O2S/c1-3-4-8-16(20)14-15-7-5-6-9-19(15)22-18-12-10-17(21-2)11-13-18/h5-7,9-13H,3-4,8,14H2,1-2H3. The molecule has 2 nitrogen and oxygen atoms in total. The van der Waals surface area contributed by atoms with Crippen molar-refractivity contribution in [2.75, 3.05) is 7.11 Å². The van der Waals surface area contributed by atoms with Crippen LogP contribution in [0.3, 0.4) is 0 Å². The highest BCUT2D eigenvalue weighted by molar-refractivity contribution is 7.99. The molecule has 3 heteroatoms. The van der Waals surface area contributed by atoms with Crippen LogP contribution in [0.15, 0.2) is 58.3 Å². The lowest BCUT2D eigenvalue weighted by atomic mass is 10.1. The number of hydrogen-bond acceptors (Lipinski definition) is 3. The van der Waals surface area contributed by atoms with E-state index in [2.05, 4.69) is 19.1 Å². The van der Waals surface area contributed by atoms with Crippen molar-refractivity contribution in [1.29, 1.82) is 0 Å². The monoisotopic (exact) mass is 314 g/mol. The van der Waals surface area contributed by atoms with E-state index >= 15 is 0 Å². The fourth-order valence-corrected chi connectivity index (χ4v) is 3.14. The van der Waals surface area contributed by atoms with Gasteiger partial charge in [-0.05, 0) is 42.3 Å². The van der Waals surface area contributed by atoms with Crippen molar-refractivity contribution in [3.8, 4) is 5.75 Å². The van der Waals surface area contributed by atoms with Crippen LogP contribution in [0.1, 0.15) is 31.7 Å². The Morgan fingerprint density at radius 3 is 2.50 bits per heavy atom. The molecule has 116 valence electrons. The number of unbranched alkanes of at least 4 members (excludes halogenated alkanes) is 1. The molecule has 0 bridgehead atoms. The van der Waals surface area contributed by atoms with Crippen LogP contribution < -0.4 is 4.74 Å². The summed E-state index contributed by atoms with van der Waals surface area (Å²) in [6.45, 7) is 2.11. The third-order valence-corrected chi connectivity index (χ3v) is 4.58. The van der Waals surface area contributed by atoms with Gasteiger partial charge < -0.3 is 4.74 Å². The Bertz CT molecular complexity index is 605. The van der Waals surface area contributed by atoms with Gasteiger partial charge in [-0.15, -0.1) is 0 Å². The molecular formula is C19H22O2S. The van der Waals surface area contributed by atoms with E-state index in [1.807, 2.05) is 36.4 Å². The van der Waals surface area contributed by atoms with Gasteiger partial charge in [0.05, 0.1) is 7.11 Å². The molecule has 0 saturated heterocycles. The number of hydrogen-bond donors (Lipinski definition) is 0. The average molecular weight is 314 g/mol. The second-order valence-corrected chi connectivity index (χ2v) is 6.32. The summed E-state index contributed by atoms with van der Waals surface area (Å²) in [5.41, 5.74) is 1.12. The first kappa shape index (κ1) is 16.6. The second-order valence-electron chi connectivity index (χ2n) is 5.20. The summed E-state index contributed by atoms with van der Waals surface area (Å²) in [6, 6.07) is 16.1. The molecule has 0 aliphatic carbocycles. The summed E-state index contributed by atoms with van der Waals surface area (Å²) in [7, 11) is 1.67. The summed E-state index contributed by atoms with van der Waals surface area (Å²) >= 11 is 1.69. The van der Waals surface area contributed by atoms with Crippen molar-refractivity contribution in [2.45, 2.75) is 42.4 Å². The Labute approximate surface area is 136 Å². The van der Waals surface area contributed by atoms with Gasteiger partial charge in [0.1, 0.15) is 11.5 Å². The average Bonchev–Trinajstić information content (AvgIpc) is 2.55. The van der Waals surface area contributed by atoms with E-state index in [-0.39, 0.29) is 0 Å². The number of carbonyl (C=O) groups is 1.